The van der Waals surface area contributed by atoms with Crippen LogP contribution in [0.1, 0.15) is 21.7 Å². The van der Waals surface area contributed by atoms with E-state index < -0.39 is 5.91 Å². The van der Waals surface area contributed by atoms with Crippen LogP contribution in [0.15, 0.2) is 12.3 Å². The van der Waals surface area contributed by atoms with E-state index in [9.17, 15) is 4.79 Å². The number of anilines is 2. The van der Waals surface area contributed by atoms with Gasteiger partial charge in [-0.3, -0.25) is 10.1 Å². The van der Waals surface area contributed by atoms with E-state index in [0.29, 0.717) is 27.8 Å². The van der Waals surface area contributed by atoms with Crippen LogP contribution in [-0.2, 0) is 0 Å². The van der Waals surface area contributed by atoms with E-state index in [-0.39, 0.29) is 5.95 Å². The highest BCUT2D eigenvalue weighted by molar-refractivity contribution is 6.33. The van der Waals surface area contributed by atoms with Crippen molar-refractivity contribution in [2.75, 3.05) is 17.7 Å². The molecule has 20 heavy (non-hydrogen) atoms. The Balaban J connectivity index is 2.19. The SMILES string of the molecule is CNc1ncc(C(=O)Nc2nnc(C)c(C)n2)cc1Cl. The molecule has 0 saturated heterocycles. The predicted molar refractivity (Wildman–Crippen MR) is 76.0 cm³/mol. The fourth-order valence-electron chi connectivity index (χ4n) is 1.43. The van der Waals surface area contributed by atoms with E-state index in [1.807, 2.05) is 0 Å². The van der Waals surface area contributed by atoms with E-state index in [1.54, 1.807) is 20.9 Å². The summed E-state index contributed by atoms with van der Waals surface area (Å²) in [4.78, 5) is 20.2. The van der Waals surface area contributed by atoms with Gasteiger partial charge >= 0.3 is 0 Å². The molecule has 0 aromatic carbocycles. The van der Waals surface area contributed by atoms with Gasteiger partial charge in [0, 0.05) is 13.2 Å². The molecule has 2 aromatic rings. The number of nitrogens with one attached hydrogen (secondary N) is 2. The number of carbonyl (C=O) groups is 1. The zero-order chi connectivity index (χ0) is 14.7. The summed E-state index contributed by atoms with van der Waals surface area (Å²) in [5.74, 6) is 0.256. The molecule has 0 bridgehead atoms. The molecule has 2 rings (SSSR count). The van der Waals surface area contributed by atoms with E-state index in [4.69, 9.17) is 11.6 Å². The molecule has 0 aliphatic carbocycles. The van der Waals surface area contributed by atoms with Crippen molar-refractivity contribution >= 4 is 29.3 Å². The molecule has 0 fully saturated rings. The van der Waals surface area contributed by atoms with Gasteiger partial charge in [-0.15, -0.1) is 5.10 Å². The number of rotatable bonds is 3. The second-order valence-corrected chi connectivity index (χ2v) is 4.47. The summed E-state index contributed by atoms with van der Waals surface area (Å²) in [7, 11) is 1.70. The maximum absolute atomic E-state index is 12.0. The Labute approximate surface area is 120 Å². The topological polar surface area (TPSA) is 92.7 Å². The fourth-order valence-corrected chi connectivity index (χ4v) is 1.69. The van der Waals surface area contributed by atoms with E-state index >= 15 is 0 Å². The van der Waals surface area contributed by atoms with Crippen LogP contribution in [0, 0.1) is 13.8 Å². The number of aromatic nitrogens is 4. The summed E-state index contributed by atoms with van der Waals surface area (Å²) in [6.07, 6.45) is 1.42. The minimum Gasteiger partial charge on any atom is -0.372 e. The molecule has 2 heterocycles. The van der Waals surface area contributed by atoms with Gasteiger partial charge in [-0.05, 0) is 19.9 Å². The number of nitrogens with zero attached hydrogens (tertiary/aromatic N) is 4. The second kappa shape index (κ2) is 5.79. The molecule has 8 heteroatoms. The van der Waals surface area contributed by atoms with Crippen LogP contribution in [0.5, 0.6) is 0 Å². The van der Waals surface area contributed by atoms with Gasteiger partial charge in [0.15, 0.2) is 0 Å². The molecule has 1 amide bonds. The Bertz CT molecular complexity index is 660. The quantitative estimate of drug-likeness (QED) is 0.896. The molecule has 0 radical (unpaired) electrons. The van der Waals surface area contributed by atoms with E-state index in [2.05, 4.69) is 30.8 Å². The Hall–Kier alpha value is -2.28. The highest BCUT2D eigenvalue weighted by atomic mass is 35.5. The van der Waals surface area contributed by atoms with Gasteiger partial charge in [0.2, 0.25) is 5.95 Å². The summed E-state index contributed by atoms with van der Waals surface area (Å²) < 4.78 is 0. The molecule has 0 saturated carbocycles. The second-order valence-electron chi connectivity index (χ2n) is 4.06. The summed E-state index contributed by atoms with van der Waals surface area (Å²) in [5, 5.41) is 13.4. The Morgan fingerprint density at radius 3 is 2.60 bits per heavy atom. The van der Waals surface area contributed by atoms with Crippen LogP contribution in [0.25, 0.3) is 0 Å². The maximum atomic E-state index is 12.0. The van der Waals surface area contributed by atoms with Crippen molar-refractivity contribution in [1.82, 2.24) is 20.2 Å². The summed E-state index contributed by atoms with van der Waals surface area (Å²) >= 11 is 5.97. The molecule has 0 aliphatic heterocycles. The smallest absolute Gasteiger partial charge is 0.259 e. The van der Waals surface area contributed by atoms with E-state index in [1.165, 1.54) is 12.3 Å². The minimum atomic E-state index is -0.396. The minimum absolute atomic E-state index is 0.145. The van der Waals surface area contributed by atoms with Gasteiger partial charge < -0.3 is 5.32 Å². The summed E-state index contributed by atoms with van der Waals surface area (Å²) in [6.45, 7) is 3.58. The zero-order valence-electron chi connectivity index (χ0n) is 11.2. The Morgan fingerprint density at radius 1 is 1.25 bits per heavy atom. The van der Waals surface area contributed by atoms with Gasteiger partial charge in [-0.25, -0.2) is 9.97 Å². The third-order valence-electron chi connectivity index (χ3n) is 2.66. The average Bonchev–Trinajstić information content (AvgIpc) is 2.42. The first-order chi connectivity index (χ1) is 9.51. The molecule has 0 aliphatic rings. The van der Waals surface area contributed by atoms with E-state index in [0.717, 1.165) is 0 Å². The molecule has 104 valence electrons. The molecule has 0 unspecified atom stereocenters. The van der Waals surface area contributed by atoms with Crippen LogP contribution in [0.4, 0.5) is 11.8 Å². The lowest BCUT2D eigenvalue weighted by Crippen LogP contribution is -2.16. The highest BCUT2D eigenvalue weighted by Crippen LogP contribution is 2.19. The number of pyridine rings is 1. The summed E-state index contributed by atoms with van der Waals surface area (Å²) in [5.41, 5.74) is 1.74. The third-order valence-corrected chi connectivity index (χ3v) is 2.95. The van der Waals surface area contributed by atoms with Gasteiger partial charge in [0.25, 0.3) is 5.91 Å². The molecule has 2 N–H and O–H groups in total. The number of halogens is 1. The van der Waals surface area contributed by atoms with Gasteiger partial charge in [-0.1, -0.05) is 11.6 Å². The lowest BCUT2D eigenvalue weighted by molar-refractivity contribution is 0.102. The van der Waals surface area contributed by atoms with Crippen molar-refractivity contribution < 1.29 is 4.79 Å². The molecule has 0 spiro atoms. The molecular formula is C12H13ClN6O. The number of aryl methyl sites for hydroxylation is 2. The fraction of sp³-hybridized carbons (Fsp3) is 0.250. The zero-order valence-corrected chi connectivity index (χ0v) is 12.0. The van der Waals surface area contributed by atoms with Crippen LogP contribution >= 0.6 is 11.6 Å². The Kier molecular flexibility index (Phi) is 4.09. The summed E-state index contributed by atoms with van der Waals surface area (Å²) in [6, 6.07) is 1.52. The number of hydrogen-bond acceptors (Lipinski definition) is 6. The number of amides is 1. The largest absolute Gasteiger partial charge is 0.372 e. The highest BCUT2D eigenvalue weighted by Gasteiger charge is 2.11. The van der Waals surface area contributed by atoms with Crippen molar-refractivity contribution in [2.45, 2.75) is 13.8 Å². The maximum Gasteiger partial charge on any atom is 0.259 e. The van der Waals surface area contributed by atoms with Crippen LogP contribution in [0.3, 0.4) is 0 Å². The standard InChI is InChI=1S/C12H13ClN6O/c1-6-7(2)18-19-12(16-6)17-11(20)8-4-9(13)10(14-3)15-5-8/h4-5H,1-3H3,(H,14,15)(H,16,17,19,20). The Morgan fingerprint density at radius 2 is 2.00 bits per heavy atom. The molecule has 0 atom stereocenters. The molecule has 2 aromatic heterocycles. The lowest BCUT2D eigenvalue weighted by atomic mass is 10.2. The normalized spacial score (nSPS) is 10.2. The average molecular weight is 293 g/mol. The van der Waals surface area contributed by atoms with Crippen LogP contribution in [0.2, 0.25) is 5.02 Å². The predicted octanol–water partition coefficient (Wildman–Crippen LogP) is 1.83. The van der Waals surface area contributed by atoms with Crippen LogP contribution < -0.4 is 10.6 Å². The van der Waals surface area contributed by atoms with Gasteiger partial charge in [0.1, 0.15) is 5.82 Å². The molecule has 7 nitrogen and oxygen atoms in total. The van der Waals surface area contributed by atoms with Crippen molar-refractivity contribution in [2.24, 2.45) is 0 Å². The van der Waals surface area contributed by atoms with Crippen LogP contribution in [-0.4, -0.2) is 33.1 Å². The van der Waals surface area contributed by atoms with Crippen molar-refractivity contribution in [3.8, 4) is 0 Å². The van der Waals surface area contributed by atoms with Crippen molar-refractivity contribution in [1.29, 1.82) is 0 Å². The number of carbonyl (C=O) groups excluding carboxylic acids is 1. The van der Waals surface area contributed by atoms with Crippen molar-refractivity contribution in [3.05, 3.63) is 34.2 Å². The first-order valence-electron chi connectivity index (χ1n) is 5.84. The van der Waals surface area contributed by atoms with Crippen molar-refractivity contribution in [3.63, 3.8) is 0 Å². The monoisotopic (exact) mass is 292 g/mol. The van der Waals surface area contributed by atoms with Gasteiger partial charge in [-0.2, -0.15) is 5.10 Å². The van der Waals surface area contributed by atoms with Gasteiger partial charge in [0.05, 0.1) is 22.0 Å². The third kappa shape index (κ3) is 3.00. The number of hydrogen-bond donors (Lipinski definition) is 2. The molecular weight excluding hydrogens is 280 g/mol. The lowest BCUT2D eigenvalue weighted by Gasteiger charge is -2.06. The first-order valence-corrected chi connectivity index (χ1v) is 6.21. The first kappa shape index (κ1) is 14.1.